The molecule has 0 amide bonds. The van der Waals surface area contributed by atoms with Crippen LogP contribution in [0.4, 0.5) is 0 Å². The molecule has 0 saturated carbocycles. The van der Waals surface area contributed by atoms with E-state index in [9.17, 15) is 0 Å². The van der Waals surface area contributed by atoms with Crippen LogP contribution in [0.2, 0.25) is 0 Å². The van der Waals surface area contributed by atoms with Gasteiger partial charge in [-0.05, 0) is 24.6 Å². The van der Waals surface area contributed by atoms with Crippen LogP contribution < -0.4 is 5.32 Å². The van der Waals surface area contributed by atoms with Gasteiger partial charge >= 0.3 is 0 Å². The smallest absolute Gasteiger partial charge is 0.0695 e. The SMILES string of the molecule is Cc1ccc(-c2[nH]ncc2CNCc2cnn(-c3ccccc3)c2)cc1. The standard InChI is InChI=1S/C21H21N5/c1-16-7-9-18(10-8-16)21-19(14-23-25-21)13-22-11-17-12-24-26(15-17)20-5-3-2-4-6-20/h2-10,12,14-15,22H,11,13H2,1H3,(H,23,25). The monoisotopic (exact) mass is 343 g/mol. The maximum absolute atomic E-state index is 4.43. The summed E-state index contributed by atoms with van der Waals surface area (Å²) in [5.74, 6) is 0. The first-order chi connectivity index (χ1) is 12.8. The third kappa shape index (κ3) is 3.58. The van der Waals surface area contributed by atoms with Crippen LogP contribution >= 0.6 is 0 Å². The molecule has 2 aromatic heterocycles. The Balaban J connectivity index is 1.39. The summed E-state index contributed by atoms with van der Waals surface area (Å²) in [4.78, 5) is 0. The Morgan fingerprint density at radius 2 is 1.77 bits per heavy atom. The average Bonchev–Trinajstić information content (AvgIpc) is 3.33. The Kier molecular flexibility index (Phi) is 4.62. The maximum Gasteiger partial charge on any atom is 0.0695 e. The highest BCUT2D eigenvalue weighted by Crippen LogP contribution is 2.21. The van der Waals surface area contributed by atoms with E-state index in [2.05, 4.69) is 58.0 Å². The molecule has 5 nitrogen and oxygen atoms in total. The second-order valence-corrected chi connectivity index (χ2v) is 6.37. The minimum absolute atomic E-state index is 0.746. The molecule has 0 atom stereocenters. The molecular weight excluding hydrogens is 322 g/mol. The lowest BCUT2D eigenvalue weighted by Gasteiger charge is -2.05. The van der Waals surface area contributed by atoms with E-state index in [0.717, 1.165) is 41.2 Å². The number of aromatic amines is 1. The van der Waals surface area contributed by atoms with Gasteiger partial charge in [-0.15, -0.1) is 0 Å². The van der Waals surface area contributed by atoms with E-state index in [0.29, 0.717) is 0 Å². The third-order valence-corrected chi connectivity index (χ3v) is 4.36. The Bertz CT molecular complexity index is 967. The molecule has 2 heterocycles. The molecule has 0 saturated heterocycles. The number of hydrogen-bond donors (Lipinski definition) is 2. The first-order valence-electron chi connectivity index (χ1n) is 8.68. The number of nitrogens with zero attached hydrogens (tertiary/aromatic N) is 3. The van der Waals surface area contributed by atoms with Crippen LogP contribution in [0.15, 0.2) is 73.2 Å². The molecule has 0 spiro atoms. The summed E-state index contributed by atoms with van der Waals surface area (Å²) in [6.45, 7) is 3.59. The van der Waals surface area contributed by atoms with Gasteiger partial charge < -0.3 is 5.32 Å². The number of nitrogens with one attached hydrogen (secondary N) is 2. The Morgan fingerprint density at radius 3 is 2.58 bits per heavy atom. The average molecular weight is 343 g/mol. The van der Waals surface area contributed by atoms with Crippen molar-refractivity contribution in [2.75, 3.05) is 0 Å². The number of rotatable bonds is 6. The fourth-order valence-electron chi connectivity index (χ4n) is 2.93. The molecule has 130 valence electrons. The minimum atomic E-state index is 0.746. The number of benzene rings is 2. The second-order valence-electron chi connectivity index (χ2n) is 6.37. The fourth-order valence-corrected chi connectivity index (χ4v) is 2.93. The van der Waals surface area contributed by atoms with Crippen LogP contribution in [-0.4, -0.2) is 20.0 Å². The number of aryl methyl sites for hydroxylation is 1. The topological polar surface area (TPSA) is 58.5 Å². The van der Waals surface area contributed by atoms with Gasteiger partial charge in [-0.2, -0.15) is 10.2 Å². The molecule has 4 aromatic rings. The zero-order valence-electron chi connectivity index (χ0n) is 14.7. The van der Waals surface area contributed by atoms with Crippen LogP contribution in [0.5, 0.6) is 0 Å². The van der Waals surface area contributed by atoms with Gasteiger partial charge in [0.2, 0.25) is 0 Å². The summed E-state index contributed by atoms with van der Waals surface area (Å²) < 4.78 is 1.90. The lowest BCUT2D eigenvalue weighted by Crippen LogP contribution is -2.12. The maximum atomic E-state index is 4.43. The van der Waals surface area contributed by atoms with Crippen molar-refractivity contribution in [3.05, 3.63) is 89.9 Å². The molecule has 4 rings (SSSR count). The van der Waals surface area contributed by atoms with Crippen molar-refractivity contribution < 1.29 is 0 Å². The van der Waals surface area contributed by atoms with Gasteiger partial charge in [0.25, 0.3) is 0 Å². The van der Waals surface area contributed by atoms with Gasteiger partial charge in [0.05, 0.1) is 23.8 Å². The first-order valence-corrected chi connectivity index (χ1v) is 8.68. The zero-order chi connectivity index (χ0) is 17.8. The highest BCUT2D eigenvalue weighted by molar-refractivity contribution is 5.62. The van der Waals surface area contributed by atoms with Crippen molar-refractivity contribution in [3.8, 4) is 16.9 Å². The molecule has 2 N–H and O–H groups in total. The van der Waals surface area contributed by atoms with Crippen molar-refractivity contribution in [1.82, 2.24) is 25.3 Å². The number of H-pyrrole nitrogens is 1. The Hall–Kier alpha value is -3.18. The predicted octanol–water partition coefficient (Wildman–Crippen LogP) is 3.86. The van der Waals surface area contributed by atoms with E-state index < -0.39 is 0 Å². The van der Waals surface area contributed by atoms with E-state index in [1.165, 1.54) is 5.56 Å². The minimum Gasteiger partial charge on any atom is -0.308 e. The van der Waals surface area contributed by atoms with Crippen LogP contribution in [0, 0.1) is 6.92 Å². The summed E-state index contributed by atoms with van der Waals surface area (Å²) in [6.07, 6.45) is 5.84. The van der Waals surface area contributed by atoms with Crippen molar-refractivity contribution >= 4 is 0 Å². The second kappa shape index (κ2) is 7.37. The molecule has 5 heteroatoms. The van der Waals surface area contributed by atoms with Crippen LogP contribution in [0.3, 0.4) is 0 Å². The van der Waals surface area contributed by atoms with Gasteiger partial charge in [0.1, 0.15) is 0 Å². The van der Waals surface area contributed by atoms with Gasteiger partial charge in [0.15, 0.2) is 0 Å². The number of aromatic nitrogens is 4. The van der Waals surface area contributed by atoms with Crippen LogP contribution in [0.25, 0.3) is 16.9 Å². The highest BCUT2D eigenvalue weighted by Gasteiger charge is 2.08. The van der Waals surface area contributed by atoms with Crippen LogP contribution in [0.1, 0.15) is 16.7 Å². The Morgan fingerprint density at radius 1 is 0.962 bits per heavy atom. The molecule has 0 radical (unpaired) electrons. The summed E-state index contributed by atoms with van der Waals surface area (Å²) in [7, 11) is 0. The van der Waals surface area contributed by atoms with E-state index in [-0.39, 0.29) is 0 Å². The Labute approximate surface area is 152 Å². The van der Waals surface area contributed by atoms with E-state index in [4.69, 9.17) is 0 Å². The normalized spacial score (nSPS) is 11.0. The summed E-state index contributed by atoms with van der Waals surface area (Å²) in [6, 6.07) is 18.6. The highest BCUT2D eigenvalue weighted by atomic mass is 15.3. The van der Waals surface area contributed by atoms with E-state index >= 15 is 0 Å². The van der Waals surface area contributed by atoms with Crippen molar-refractivity contribution in [2.24, 2.45) is 0 Å². The van der Waals surface area contributed by atoms with Gasteiger partial charge in [-0.1, -0.05) is 48.0 Å². The molecule has 0 aliphatic heterocycles. The van der Waals surface area contributed by atoms with Gasteiger partial charge in [-0.3, -0.25) is 5.10 Å². The fraction of sp³-hybridized carbons (Fsp3) is 0.143. The van der Waals surface area contributed by atoms with Crippen molar-refractivity contribution in [2.45, 2.75) is 20.0 Å². The molecule has 2 aromatic carbocycles. The summed E-state index contributed by atoms with van der Waals surface area (Å²) in [5, 5.41) is 15.2. The quantitative estimate of drug-likeness (QED) is 0.559. The number of hydrogen-bond acceptors (Lipinski definition) is 3. The van der Waals surface area contributed by atoms with Crippen LogP contribution in [-0.2, 0) is 13.1 Å². The van der Waals surface area contributed by atoms with Crippen molar-refractivity contribution in [3.63, 3.8) is 0 Å². The largest absolute Gasteiger partial charge is 0.308 e. The number of para-hydroxylation sites is 1. The molecule has 0 aliphatic rings. The van der Waals surface area contributed by atoms with Gasteiger partial charge in [0, 0.05) is 30.4 Å². The first kappa shape index (κ1) is 16.3. The summed E-state index contributed by atoms with van der Waals surface area (Å²) in [5.41, 5.74) is 6.84. The molecule has 26 heavy (non-hydrogen) atoms. The van der Waals surface area contributed by atoms with E-state index in [1.807, 2.05) is 47.4 Å². The molecular formula is C21H21N5. The molecule has 0 aliphatic carbocycles. The molecule has 0 unspecified atom stereocenters. The third-order valence-electron chi connectivity index (χ3n) is 4.36. The lowest BCUT2D eigenvalue weighted by atomic mass is 10.1. The van der Waals surface area contributed by atoms with E-state index in [1.54, 1.807) is 0 Å². The van der Waals surface area contributed by atoms with Gasteiger partial charge in [-0.25, -0.2) is 4.68 Å². The zero-order valence-corrected chi connectivity index (χ0v) is 14.7. The predicted molar refractivity (Wildman–Crippen MR) is 103 cm³/mol. The summed E-state index contributed by atoms with van der Waals surface area (Å²) >= 11 is 0. The van der Waals surface area contributed by atoms with Crippen molar-refractivity contribution in [1.29, 1.82) is 0 Å². The molecule has 0 bridgehead atoms. The lowest BCUT2D eigenvalue weighted by molar-refractivity contribution is 0.694. The molecule has 0 fully saturated rings.